The highest BCUT2D eigenvalue weighted by molar-refractivity contribution is 7.09. The normalized spacial score (nSPS) is 14.7. The number of hydrogen-bond donors (Lipinski definition) is 1. The van der Waals surface area contributed by atoms with Crippen LogP contribution in [0.15, 0.2) is 41.9 Å². The van der Waals surface area contributed by atoms with E-state index in [0.717, 1.165) is 10.6 Å². The smallest absolute Gasteiger partial charge is 0.407 e. The minimum atomic E-state index is -2.12. The molecule has 0 spiro atoms. The Morgan fingerprint density at radius 2 is 1.74 bits per heavy atom. The molecule has 0 aliphatic rings. The summed E-state index contributed by atoms with van der Waals surface area (Å²) in [6.07, 6.45) is 1.99. The molecule has 0 fully saturated rings. The van der Waals surface area contributed by atoms with E-state index in [1.807, 2.05) is 52.2 Å². The van der Waals surface area contributed by atoms with E-state index in [1.54, 1.807) is 11.3 Å². The third kappa shape index (κ3) is 7.44. The lowest BCUT2D eigenvalue weighted by Gasteiger charge is -2.40. The van der Waals surface area contributed by atoms with Gasteiger partial charge >= 0.3 is 6.09 Å². The number of rotatable bonds is 7. The summed E-state index contributed by atoms with van der Waals surface area (Å²) >= 11 is 1.66. The first-order chi connectivity index (χ1) is 14.2. The summed E-state index contributed by atoms with van der Waals surface area (Å²) in [4.78, 5) is 12.8. The van der Waals surface area contributed by atoms with Gasteiger partial charge in [-0.1, -0.05) is 62.4 Å². The summed E-state index contributed by atoms with van der Waals surface area (Å²) in [6, 6.07) is 9.95. The number of thiazole rings is 1. The molecule has 1 aromatic carbocycles. The zero-order chi connectivity index (χ0) is 23.4. The number of aryl methyl sites for hydroxylation is 1. The maximum Gasteiger partial charge on any atom is 0.407 e. The van der Waals surface area contributed by atoms with Gasteiger partial charge in [-0.15, -0.1) is 0 Å². The number of amides is 1. The van der Waals surface area contributed by atoms with Crippen LogP contribution in [-0.4, -0.2) is 26.1 Å². The van der Waals surface area contributed by atoms with Crippen LogP contribution in [0.5, 0.6) is 0 Å². The molecule has 0 unspecified atom stereocenters. The Morgan fingerprint density at radius 1 is 1.13 bits per heavy atom. The minimum Gasteiger partial charge on any atom is -0.444 e. The van der Waals surface area contributed by atoms with Gasteiger partial charge in [0.15, 0.2) is 20.6 Å². The highest BCUT2D eigenvalue weighted by Crippen LogP contribution is 2.41. The van der Waals surface area contributed by atoms with E-state index in [2.05, 4.69) is 61.3 Å². The van der Waals surface area contributed by atoms with Gasteiger partial charge in [0.25, 0.3) is 5.01 Å². The predicted molar refractivity (Wildman–Crippen MR) is 130 cm³/mol. The van der Waals surface area contributed by atoms with Crippen molar-refractivity contribution in [1.82, 2.24) is 5.32 Å². The van der Waals surface area contributed by atoms with Crippen molar-refractivity contribution in [3.63, 3.8) is 0 Å². The molecule has 2 atom stereocenters. The van der Waals surface area contributed by atoms with Crippen molar-refractivity contribution >= 4 is 25.7 Å². The van der Waals surface area contributed by atoms with Gasteiger partial charge in [-0.05, 0) is 50.9 Å². The van der Waals surface area contributed by atoms with E-state index in [4.69, 9.17) is 9.16 Å². The maximum atomic E-state index is 12.8. The number of nitrogens with zero attached hydrogens (tertiary/aromatic N) is 1. The molecule has 0 saturated heterocycles. The average molecular weight is 464 g/mol. The summed E-state index contributed by atoms with van der Waals surface area (Å²) < 4.78 is 14.6. The quantitative estimate of drug-likeness (QED) is 0.419. The summed E-state index contributed by atoms with van der Waals surface area (Å²) in [5.41, 5.74) is 0.580. The number of carbonyl (C=O) groups is 1. The highest BCUT2D eigenvalue weighted by atomic mass is 32.1. The molecule has 1 N–H and O–H groups in total. The Balaban J connectivity index is 2.46. The number of nitrogens with one attached hydrogen (secondary N) is 1. The molecule has 0 bridgehead atoms. The highest BCUT2D eigenvalue weighted by Gasteiger charge is 2.44. The number of carbonyl (C=O) groups excluding carboxylic acids is 1. The second-order valence-electron chi connectivity index (χ2n) is 10.6. The lowest BCUT2D eigenvalue weighted by atomic mass is 10.0. The van der Waals surface area contributed by atoms with Crippen molar-refractivity contribution in [2.75, 3.05) is 0 Å². The van der Waals surface area contributed by atoms with Crippen LogP contribution in [0.25, 0.3) is 0 Å². The first-order valence-corrected chi connectivity index (χ1v) is 14.6. The van der Waals surface area contributed by atoms with Crippen molar-refractivity contribution in [3.05, 3.63) is 52.5 Å². The van der Waals surface area contributed by atoms with Crippen molar-refractivity contribution in [2.45, 2.75) is 83.8 Å². The fourth-order valence-electron chi connectivity index (χ4n) is 2.98. The molecule has 0 aliphatic heterocycles. The third-order valence-electron chi connectivity index (χ3n) is 5.66. The Kier molecular flexibility index (Phi) is 8.11. The standard InChI is InChI=1S/C24H38N2O3SSi/c1-23(2,3)28-22(27)25-19(17-18-13-11-10-12-14-18)20(21-26(7)15-16-30-21)29-31(8,9)24(4,5)6/h10-16,19-20H,17H2,1-9H3/p+1/t19-,20+/m0/s1. The van der Waals surface area contributed by atoms with Crippen molar-refractivity contribution in [3.8, 4) is 0 Å². The Labute approximate surface area is 192 Å². The minimum absolute atomic E-state index is 0.0459. The van der Waals surface area contributed by atoms with Crippen molar-refractivity contribution < 1.29 is 18.5 Å². The molecule has 7 heteroatoms. The molecule has 1 amide bonds. The zero-order valence-electron chi connectivity index (χ0n) is 20.5. The fourth-order valence-corrected chi connectivity index (χ4v) is 5.28. The van der Waals surface area contributed by atoms with Crippen LogP contribution in [0.4, 0.5) is 4.79 Å². The van der Waals surface area contributed by atoms with Gasteiger partial charge in [0, 0.05) is 0 Å². The van der Waals surface area contributed by atoms with Crippen molar-refractivity contribution in [2.24, 2.45) is 7.05 Å². The zero-order valence-corrected chi connectivity index (χ0v) is 22.3. The van der Waals surface area contributed by atoms with Gasteiger partial charge in [-0.2, -0.15) is 4.57 Å². The number of aromatic nitrogens is 1. The second kappa shape index (κ2) is 9.84. The lowest BCUT2D eigenvalue weighted by Crippen LogP contribution is -2.51. The molecule has 5 nitrogen and oxygen atoms in total. The van der Waals surface area contributed by atoms with E-state index in [-0.39, 0.29) is 17.2 Å². The van der Waals surface area contributed by atoms with E-state index in [9.17, 15) is 4.79 Å². The predicted octanol–water partition coefficient (Wildman–Crippen LogP) is 5.77. The molecular formula is C24H39N2O3SSi+. The average Bonchev–Trinajstić information content (AvgIpc) is 3.03. The molecular weight excluding hydrogens is 424 g/mol. The summed E-state index contributed by atoms with van der Waals surface area (Å²) in [5.74, 6) is 0. The van der Waals surface area contributed by atoms with Crippen molar-refractivity contribution in [1.29, 1.82) is 0 Å². The summed E-state index contributed by atoms with van der Waals surface area (Å²) in [7, 11) is -0.0950. The van der Waals surface area contributed by atoms with Gasteiger partial charge in [0.05, 0.1) is 11.4 Å². The fraction of sp³-hybridized carbons (Fsp3) is 0.583. The largest absolute Gasteiger partial charge is 0.444 e. The van der Waals surface area contributed by atoms with Crippen LogP contribution >= 0.6 is 11.3 Å². The second-order valence-corrected chi connectivity index (χ2v) is 16.3. The Morgan fingerprint density at radius 3 is 2.23 bits per heavy atom. The topological polar surface area (TPSA) is 51.4 Å². The van der Waals surface area contributed by atoms with Crippen LogP contribution in [0.3, 0.4) is 0 Å². The molecule has 1 aromatic heterocycles. The van der Waals surface area contributed by atoms with Crippen LogP contribution < -0.4 is 9.88 Å². The van der Waals surface area contributed by atoms with E-state index in [0.29, 0.717) is 6.42 Å². The van der Waals surface area contributed by atoms with E-state index >= 15 is 0 Å². The first kappa shape index (κ1) is 25.6. The molecule has 2 rings (SSSR count). The monoisotopic (exact) mass is 463 g/mol. The van der Waals surface area contributed by atoms with Gasteiger partial charge in [0.2, 0.25) is 0 Å². The van der Waals surface area contributed by atoms with Crippen LogP contribution in [0.1, 0.15) is 58.2 Å². The molecule has 172 valence electrons. The van der Waals surface area contributed by atoms with Crippen LogP contribution in [-0.2, 0) is 22.6 Å². The number of hydrogen-bond acceptors (Lipinski definition) is 4. The molecule has 2 aromatic rings. The molecule has 31 heavy (non-hydrogen) atoms. The molecule has 0 radical (unpaired) electrons. The maximum absolute atomic E-state index is 12.8. The van der Waals surface area contributed by atoms with Gasteiger partial charge in [-0.25, -0.2) is 4.79 Å². The van der Waals surface area contributed by atoms with E-state index < -0.39 is 20.0 Å². The summed E-state index contributed by atoms with van der Waals surface area (Å²) in [5, 5.41) is 6.33. The van der Waals surface area contributed by atoms with Gasteiger partial charge in [-0.3, -0.25) is 0 Å². The van der Waals surface area contributed by atoms with Crippen LogP contribution in [0, 0.1) is 0 Å². The number of benzene rings is 1. The third-order valence-corrected chi connectivity index (χ3v) is 11.1. The van der Waals surface area contributed by atoms with Crippen LogP contribution in [0.2, 0.25) is 18.1 Å². The Bertz CT molecular complexity index is 854. The van der Waals surface area contributed by atoms with Gasteiger partial charge < -0.3 is 14.5 Å². The SMILES string of the molecule is C[n+]1ccsc1[C@H](O[Si](C)(C)C(C)(C)C)[C@H](Cc1ccccc1)NC(=O)OC(C)(C)C. The molecule has 0 aliphatic carbocycles. The lowest BCUT2D eigenvalue weighted by molar-refractivity contribution is -0.677. The Hall–Kier alpha value is -1.70. The molecule has 1 heterocycles. The van der Waals surface area contributed by atoms with E-state index in [1.165, 1.54) is 0 Å². The number of ether oxygens (including phenoxy) is 1. The summed E-state index contributed by atoms with van der Waals surface area (Å²) in [6.45, 7) is 16.8. The molecule has 0 saturated carbocycles. The first-order valence-electron chi connectivity index (χ1n) is 10.8. The van der Waals surface area contributed by atoms with Gasteiger partial charge in [0.1, 0.15) is 12.6 Å². The number of alkyl carbamates (subject to hydrolysis) is 1.